The predicted molar refractivity (Wildman–Crippen MR) is 122 cm³/mol. The molecule has 35 heavy (non-hydrogen) atoms. The van der Waals surface area contributed by atoms with Crippen molar-refractivity contribution in [3.8, 4) is 5.75 Å². The number of aromatic nitrogens is 4. The van der Waals surface area contributed by atoms with E-state index in [0.717, 1.165) is 55.3 Å². The predicted octanol–water partition coefficient (Wildman–Crippen LogP) is 4.01. The minimum Gasteiger partial charge on any atom is -0.406 e. The number of methoxy groups -OCH3 is 1. The van der Waals surface area contributed by atoms with Gasteiger partial charge in [0.1, 0.15) is 10.8 Å². The van der Waals surface area contributed by atoms with Gasteiger partial charge in [-0.3, -0.25) is 10.1 Å². The van der Waals surface area contributed by atoms with Crippen molar-refractivity contribution in [1.29, 1.82) is 0 Å². The molecule has 4 rings (SSSR count). The molecule has 2 aromatic heterocycles. The number of benzene rings is 1. The second kappa shape index (κ2) is 11.0. The van der Waals surface area contributed by atoms with E-state index in [9.17, 15) is 18.0 Å². The third-order valence-electron chi connectivity index (χ3n) is 5.53. The molecule has 3 heterocycles. The molecule has 1 amide bonds. The molecule has 13 heteroatoms. The van der Waals surface area contributed by atoms with Gasteiger partial charge in [0.15, 0.2) is 11.9 Å². The van der Waals surface area contributed by atoms with Gasteiger partial charge in [0.05, 0.1) is 0 Å². The van der Waals surface area contributed by atoms with Crippen LogP contribution in [0.15, 0.2) is 42.6 Å². The lowest BCUT2D eigenvalue weighted by Gasteiger charge is -2.32. The van der Waals surface area contributed by atoms with E-state index in [-0.39, 0.29) is 5.56 Å². The zero-order chi connectivity index (χ0) is 24.8. The highest BCUT2D eigenvalue weighted by Gasteiger charge is 2.32. The van der Waals surface area contributed by atoms with Crippen LogP contribution in [0.2, 0.25) is 0 Å². The molecule has 1 aliphatic heterocycles. The second-order valence-electron chi connectivity index (χ2n) is 7.94. The van der Waals surface area contributed by atoms with E-state index >= 15 is 0 Å². The van der Waals surface area contributed by atoms with Crippen molar-refractivity contribution in [3.63, 3.8) is 0 Å². The Kier molecular flexibility index (Phi) is 7.76. The maximum Gasteiger partial charge on any atom is 0.573 e. The molecule has 0 aliphatic carbocycles. The van der Waals surface area contributed by atoms with Crippen LogP contribution in [0.4, 0.5) is 24.1 Å². The Bertz CT molecular complexity index is 1120. The van der Waals surface area contributed by atoms with Gasteiger partial charge >= 0.3 is 6.36 Å². The average molecular weight is 509 g/mol. The van der Waals surface area contributed by atoms with Crippen molar-refractivity contribution in [2.45, 2.75) is 31.7 Å². The van der Waals surface area contributed by atoms with E-state index in [2.05, 4.69) is 35.3 Å². The Balaban J connectivity index is 1.32. The summed E-state index contributed by atoms with van der Waals surface area (Å²) in [5, 5.41) is 20.0. The molecule has 0 unspecified atom stereocenters. The smallest absolute Gasteiger partial charge is 0.406 e. The summed E-state index contributed by atoms with van der Waals surface area (Å²) in [4.78, 5) is 14.9. The number of hydrogen-bond donors (Lipinski definition) is 1. The zero-order valence-electron chi connectivity index (χ0n) is 18.7. The van der Waals surface area contributed by atoms with Crippen LogP contribution in [0.3, 0.4) is 0 Å². The van der Waals surface area contributed by atoms with E-state index in [0.29, 0.717) is 11.0 Å². The molecule has 9 nitrogen and oxygen atoms in total. The van der Waals surface area contributed by atoms with Gasteiger partial charge in [0, 0.05) is 32.8 Å². The number of piperidine rings is 1. The number of hydrogen-bond acceptors (Lipinski definition) is 9. The number of nitrogens with one attached hydrogen (secondary N) is 1. The highest BCUT2D eigenvalue weighted by atomic mass is 32.1. The summed E-state index contributed by atoms with van der Waals surface area (Å²) in [6, 6.07) is 8.91. The van der Waals surface area contributed by atoms with Gasteiger partial charge in [0.25, 0.3) is 5.91 Å². The van der Waals surface area contributed by atoms with Crippen LogP contribution >= 0.6 is 11.3 Å². The van der Waals surface area contributed by atoms with Crippen molar-refractivity contribution in [1.82, 2.24) is 20.4 Å². The number of nitrogens with zero attached hydrogens (tertiary/aromatic N) is 5. The first kappa shape index (κ1) is 24.8. The van der Waals surface area contributed by atoms with Crippen molar-refractivity contribution in [2.24, 2.45) is 5.92 Å². The first-order valence-corrected chi connectivity index (χ1v) is 11.7. The fraction of sp³-hybridized carbons (Fsp3) is 0.409. The van der Waals surface area contributed by atoms with E-state index in [1.54, 1.807) is 6.20 Å². The number of anilines is 2. The SMILES string of the molecule is CO[C@H](C(=O)Nc1nnc(CC2CCN(c3cccnn3)CC2)s1)c1cccc(OC(F)(F)F)c1. The number of rotatable bonds is 8. The lowest BCUT2D eigenvalue weighted by Crippen LogP contribution is -2.34. The van der Waals surface area contributed by atoms with Crippen LogP contribution in [0.1, 0.15) is 29.5 Å². The number of amides is 1. The molecule has 186 valence electrons. The van der Waals surface area contributed by atoms with Crippen LogP contribution in [-0.2, 0) is 16.0 Å². The normalized spacial score (nSPS) is 15.6. The minimum atomic E-state index is -4.83. The molecule has 1 atom stereocenters. The molecule has 0 spiro atoms. The van der Waals surface area contributed by atoms with Crippen LogP contribution in [0.25, 0.3) is 0 Å². The first-order valence-electron chi connectivity index (χ1n) is 10.8. The summed E-state index contributed by atoms with van der Waals surface area (Å²) in [6.45, 7) is 1.75. The van der Waals surface area contributed by atoms with Crippen molar-refractivity contribution < 1.29 is 27.4 Å². The Morgan fingerprint density at radius 2 is 2.00 bits per heavy atom. The molecule has 1 aliphatic rings. The summed E-state index contributed by atoms with van der Waals surface area (Å²) < 4.78 is 46.7. The molecule has 1 saturated heterocycles. The average Bonchev–Trinajstić information content (AvgIpc) is 3.26. The molecule has 3 aromatic rings. The van der Waals surface area contributed by atoms with E-state index in [1.165, 1.54) is 30.6 Å². The van der Waals surface area contributed by atoms with Gasteiger partial charge < -0.3 is 14.4 Å². The largest absolute Gasteiger partial charge is 0.573 e. The monoisotopic (exact) mass is 508 g/mol. The van der Waals surface area contributed by atoms with Crippen LogP contribution in [0, 0.1) is 5.92 Å². The quantitative estimate of drug-likeness (QED) is 0.487. The maximum atomic E-state index is 12.7. The fourth-order valence-electron chi connectivity index (χ4n) is 3.90. The summed E-state index contributed by atoms with van der Waals surface area (Å²) in [7, 11) is 1.29. The number of ether oxygens (including phenoxy) is 2. The summed E-state index contributed by atoms with van der Waals surface area (Å²) >= 11 is 1.27. The molecular formula is C22H23F3N6O3S. The topological polar surface area (TPSA) is 102 Å². The molecule has 0 bridgehead atoms. The summed E-state index contributed by atoms with van der Waals surface area (Å²) in [5.41, 5.74) is 0.214. The number of carbonyl (C=O) groups excluding carboxylic acids is 1. The van der Waals surface area contributed by atoms with Gasteiger partial charge in [-0.1, -0.05) is 23.5 Å². The van der Waals surface area contributed by atoms with Crippen LogP contribution < -0.4 is 15.0 Å². The fourth-order valence-corrected chi connectivity index (χ4v) is 4.76. The third kappa shape index (κ3) is 6.85. The maximum absolute atomic E-state index is 12.7. The van der Waals surface area contributed by atoms with Crippen molar-refractivity contribution in [3.05, 3.63) is 53.2 Å². The second-order valence-corrected chi connectivity index (χ2v) is 9.00. The molecule has 1 aromatic carbocycles. The molecule has 1 N–H and O–H groups in total. The minimum absolute atomic E-state index is 0.214. The number of alkyl halides is 3. The molecule has 0 saturated carbocycles. The molecule has 0 radical (unpaired) electrons. The van der Waals surface area contributed by atoms with Crippen LogP contribution in [0.5, 0.6) is 5.75 Å². The highest BCUT2D eigenvalue weighted by Crippen LogP contribution is 2.29. The lowest BCUT2D eigenvalue weighted by atomic mass is 9.94. The number of carbonyl (C=O) groups is 1. The van der Waals surface area contributed by atoms with Gasteiger partial charge in [-0.15, -0.1) is 28.5 Å². The van der Waals surface area contributed by atoms with Gasteiger partial charge in [-0.25, -0.2) is 0 Å². The zero-order valence-corrected chi connectivity index (χ0v) is 19.6. The van der Waals surface area contributed by atoms with Gasteiger partial charge in [-0.2, -0.15) is 5.10 Å². The first-order chi connectivity index (χ1) is 16.8. The third-order valence-corrected chi connectivity index (χ3v) is 6.39. The van der Waals surface area contributed by atoms with Gasteiger partial charge in [-0.05, 0) is 48.6 Å². The Hall–Kier alpha value is -3.32. The Labute approximate surface area is 203 Å². The van der Waals surface area contributed by atoms with Crippen LogP contribution in [-0.4, -0.2) is 52.9 Å². The highest BCUT2D eigenvalue weighted by molar-refractivity contribution is 7.15. The van der Waals surface area contributed by atoms with E-state index in [4.69, 9.17) is 4.74 Å². The Morgan fingerprint density at radius 1 is 1.20 bits per heavy atom. The van der Waals surface area contributed by atoms with Gasteiger partial charge in [0.2, 0.25) is 5.13 Å². The lowest BCUT2D eigenvalue weighted by molar-refractivity contribution is -0.274. The van der Waals surface area contributed by atoms with Crippen molar-refractivity contribution in [2.75, 3.05) is 30.4 Å². The van der Waals surface area contributed by atoms with Crippen molar-refractivity contribution >= 4 is 28.2 Å². The van der Waals surface area contributed by atoms with E-state index < -0.39 is 24.1 Å². The standard InChI is InChI=1S/C22H23F3N6O3S/c1-33-19(15-4-2-5-16(13-15)34-22(23,24)25)20(32)27-21-30-29-18(35-21)12-14-7-10-31(11-8-14)17-6-3-9-26-28-17/h2-6,9,13-14,19H,7-8,10-12H2,1H3,(H,27,30,32)/t19-/m0/s1. The summed E-state index contributed by atoms with van der Waals surface area (Å²) in [6.07, 6.45) is -1.65. The van der Waals surface area contributed by atoms with E-state index in [1.807, 2.05) is 12.1 Å². The number of halogens is 3. The summed E-state index contributed by atoms with van der Waals surface area (Å²) in [5.74, 6) is 0.294. The Morgan fingerprint density at radius 3 is 2.69 bits per heavy atom. The molecule has 1 fully saturated rings. The molecular weight excluding hydrogens is 485 g/mol.